The molecule has 0 amide bonds. The Morgan fingerprint density at radius 1 is 0.743 bits per heavy atom. The van der Waals surface area contributed by atoms with Crippen molar-refractivity contribution in [2.24, 2.45) is 11.8 Å². The van der Waals surface area contributed by atoms with Gasteiger partial charge in [0.15, 0.2) is 5.60 Å². The number of esters is 2. The molecule has 2 atom stereocenters. The van der Waals surface area contributed by atoms with Gasteiger partial charge < -0.3 is 20.1 Å². The number of aliphatic hydroxyl groups is 1. The summed E-state index contributed by atoms with van der Waals surface area (Å²) in [6, 6.07) is 0. The first-order chi connectivity index (χ1) is 16.5. The topological polar surface area (TPSA) is 138 Å². The van der Waals surface area contributed by atoms with E-state index < -0.39 is 41.8 Å². The van der Waals surface area contributed by atoms with Crippen molar-refractivity contribution in [2.45, 2.75) is 136 Å². The van der Waals surface area contributed by atoms with Gasteiger partial charge in [0.25, 0.3) is 0 Å². The van der Waals surface area contributed by atoms with E-state index in [0.717, 1.165) is 38.0 Å². The molecular weight excluding hydrogens is 452 g/mol. The summed E-state index contributed by atoms with van der Waals surface area (Å²) < 4.78 is 4.81. The van der Waals surface area contributed by atoms with Crippen LogP contribution in [0.1, 0.15) is 130 Å². The van der Waals surface area contributed by atoms with Crippen molar-refractivity contribution in [3.05, 3.63) is 0 Å². The first-order valence-corrected chi connectivity index (χ1v) is 13.5. The van der Waals surface area contributed by atoms with Crippen LogP contribution in [0, 0.1) is 11.8 Å². The lowest BCUT2D eigenvalue weighted by atomic mass is 9.81. The molecule has 0 fully saturated rings. The van der Waals surface area contributed by atoms with Crippen LogP contribution in [0.5, 0.6) is 0 Å². The van der Waals surface area contributed by atoms with Crippen molar-refractivity contribution in [3.8, 4) is 0 Å². The SMILES string of the molecule is CCCCCC(=O)OC(=O)C(CCCCCCCCCCCCC(C)C)C(O)(CC(=O)O)C(=O)O. The van der Waals surface area contributed by atoms with E-state index in [1.165, 1.54) is 38.5 Å². The molecule has 0 heterocycles. The fourth-order valence-electron chi connectivity index (χ4n) is 4.20. The van der Waals surface area contributed by atoms with Gasteiger partial charge in [-0.15, -0.1) is 0 Å². The van der Waals surface area contributed by atoms with E-state index in [2.05, 4.69) is 13.8 Å². The number of carboxylic acid groups (broad SMARTS) is 2. The molecule has 0 bridgehead atoms. The average molecular weight is 501 g/mol. The summed E-state index contributed by atoms with van der Waals surface area (Å²) in [5.74, 6) is -6.19. The van der Waals surface area contributed by atoms with Crippen molar-refractivity contribution in [3.63, 3.8) is 0 Å². The smallest absolute Gasteiger partial charge is 0.337 e. The summed E-state index contributed by atoms with van der Waals surface area (Å²) in [4.78, 5) is 47.5. The van der Waals surface area contributed by atoms with Crippen LogP contribution >= 0.6 is 0 Å². The number of unbranched alkanes of at least 4 members (excludes halogenated alkanes) is 11. The first-order valence-electron chi connectivity index (χ1n) is 13.5. The zero-order chi connectivity index (χ0) is 26.7. The van der Waals surface area contributed by atoms with Crippen LogP contribution in [0.25, 0.3) is 0 Å². The molecule has 8 heteroatoms. The highest BCUT2D eigenvalue weighted by Crippen LogP contribution is 2.29. The van der Waals surface area contributed by atoms with Crippen molar-refractivity contribution in [1.82, 2.24) is 0 Å². The van der Waals surface area contributed by atoms with Crippen LogP contribution in [0.15, 0.2) is 0 Å². The molecule has 204 valence electrons. The van der Waals surface area contributed by atoms with Crippen LogP contribution < -0.4 is 0 Å². The number of carbonyl (C=O) groups is 4. The molecule has 3 N–H and O–H groups in total. The van der Waals surface area contributed by atoms with E-state index in [1.54, 1.807) is 0 Å². The molecule has 0 aliphatic rings. The Morgan fingerprint density at radius 3 is 1.66 bits per heavy atom. The van der Waals surface area contributed by atoms with E-state index in [0.29, 0.717) is 19.3 Å². The summed E-state index contributed by atoms with van der Waals surface area (Å²) in [6.07, 6.45) is 12.7. The van der Waals surface area contributed by atoms with Gasteiger partial charge in [-0.3, -0.25) is 14.4 Å². The minimum absolute atomic E-state index is 0.00839. The largest absolute Gasteiger partial charge is 0.481 e. The van der Waals surface area contributed by atoms with Gasteiger partial charge in [0.2, 0.25) is 0 Å². The maximum atomic E-state index is 12.6. The first kappa shape index (κ1) is 33.0. The number of rotatable bonds is 22. The normalized spacial score (nSPS) is 13.9. The number of aliphatic carboxylic acids is 2. The molecule has 0 aliphatic carbocycles. The average Bonchev–Trinajstić information content (AvgIpc) is 2.76. The lowest BCUT2D eigenvalue weighted by Gasteiger charge is -2.29. The Balaban J connectivity index is 4.62. The maximum Gasteiger partial charge on any atom is 0.337 e. The lowest BCUT2D eigenvalue weighted by Crippen LogP contribution is -2.51. The third-order valence-corrected chi connectivity index (χ3v) is 6.38. The van der Waals surface area contributed by atoms with Gasteiger partial charge in [0.1, 0.15) is 0 Å². The molecule has 0 aromatic rings. The number of ether oxygens (including phenoxy) is 1. The molecule has 0 rings (SSSR count). The standard InChI is InChI=1S/C27H48O8/c1-4-5-14-19-24(30)35-25(31)22(27(34,26(32)33)20-23(28)29)18-16-13-11-9-7-6-8-10-12-15-17-21(2)3/h21-22,34H,4-20H2,1-3H3,(H,28,29)(H,32,33). The minimum Gasteiger partial charge on any atom is -0.481 e. The minimum atomic E-state index is -2.83. The third kappa shape index (κ3) is 15.6. The number of hydrogen-bond acceptors (Lipinski definition) is 6. The zero-order valence-corrected chi connectivity index (χ0v) is 22.1. The molecule has 0 aromatic carbocycles. The van der Waals surface area contributed by atoms with Crippen LogP contribution in [0.3, 0.4) is 0 Å². The van der Waals surface area contributed by atoms with E-state index in [9.17, 15) is 29.4 Å². The molecule has 35 heavy (non-hydrogen) atoms. The molecule has 0 radical (unpaired) electrons. The zero-order valence-electron chi connectivity index (χ0n) is 22.1. The van der Waals surface area contributed by atoms with Crippen LogP contribution in [-0.4, -0.2) is 44.8 Å². The molecule has 0 aliphatic heterocycles. The van der Waals surface area contributed by atoms with Crippen molar-refractivity contribution < 1.29 is 39.2 Å². The molecule has 0 saturated heterocycles. The summed E-state index contributed by atoms with van der Waals surface area (Å²) in [5, 5.41) is 29.2. The fourth-order valence-corrected chi connectivity index (χ4v) is 4.20. The second-order valence-electron chi connectivity index (χ2n) is 10.1. The molecular formula is C27H48O8. The number of carboxylic acids is 2. The molecule has 0 aromatic heterocycles. The van der Waals surface area contributed by atoms with Gasteiger partial charge >= 0.3 is 23.9 Å². The Bertz CT molecular complexity index is 631. The second kappa shape index (κ2) is 19.3. The monoisotopic (exact) mass is 500 g/mol. The Labute approximate surface area is 210 Å². The molecule has 0 saturated carbocycles. The molecule has 2 unspecified atom stereocenters. The summed E-state index contributed by atoms with van der Waals surface area (Å²) in [5.41, 5.74) is -2.83. The highest BCUT2D eigenvalue weighted by atomic mass is 16.6. The summed E-state index contributed by atoms with van der Waals surface area (Å²) >= 11 is 0. The van der Waals surface area contributed by atoms with Crippen molar-refractivity contribution in [2.75, 3.05) is 0 Å². The Kier molecular flexibility index (Phi) is 18.2. The van der Waals surface area contributed by atoms with E-state index in [4.69, 9.17) is 9.84 Å². The molecule has 8 nitrogen and oxygen atoms in total. The quantitative estimate of drug-likeness (QED) is 0.0951. The third-order valence-electron chi connectivity index (χ3n) is 6.38. The van der Waals surface area contributed by atoms with Gasteiger partial charge in [0, 0.05) is 6.42 Å². The highest BCUT2D eigenvalue weighted by molar-refractivity contribution is 5.93. The number of hydrogen-bond donors (Lipinski definition) is 3. The predicted molar refractivity (Wildman–Crippen MR) is 134 cm³/mol. The fraction of sp³-hybridized carbons (Fsp3) is 0.852. The van der Waals surface area contributed by atoms with Crippen molar-refractivity contribution in [1.29, 1.82) is 0 Å². The van der Waals surface area contributed by atoms with Gasteiger partial charge in [-0.25, -0.2) is 4.79 Å². The van der Waals surface area contributed by atoms with Gasteiger partial charge in [0.05, 0.1) is 12.3 Å². The van der Waals surface area contributed by atoms with Crippen LogP contribution in [-0.2, 0) is 23.9 Å². The van der Waals surface area contributed by atoms with E-state index in [-0.39, 0.29) is 12.8 Å². The second-order valence-corrected chi connectivity index (χ2v) is 10.1. The van der Waals surface area contributed by atoms with Crippen LogP contribution in [0.4, 0.5) is 0 Å². The number of carbonyl (C=O) groups excluding carboxylic acids is 2. The Morgan fingerprint density at radius 2 is 1.23 bits per heavy atom. The van der Waals surface area contributed by atoms with Gasteiger partial charge in [-0.2, -0.15) is 0 Å². The highest BCUT2D eigenvalue weighted by Gasteiger charge is 2.50. The molecule has 0 spiro atoms. The summed E-state index contributed by atoms with van der Waals surface area (Å²) in [6.45, 7) is 6.45. The van der Waals surface area contributed by atoms with E-state index in [1.807, 2.05) is 6.92 Å². The van der Waals surface area contributed by atoms with Gasteiger partial charge in [-0.05, 0) is 18.8 Å². The Hall–Kier alpha value is -1.96. The maximum absolute atomic E-state index is 12.6. The summed E-state index contributed by atoms with van der Waals surface area (Å²) in [7, 11) is 0. The van der Waals surface area contributed by atoms with Gasteiger partial charge in [-0.1, -0.05) is 104 Å². The lowest BCUT2D eigenvalue weighted by molar-refractivity contribution is -0.184. The van der Waals surface area contributed by atoms with Crippen LogP contribution in [0.2, 0.25) is 0 Å². The predicted octanol–water partition coefficient (Wildman–Crippen LogP) is 5.88. The van der Waals surface area contributed by atoms with E-state index >= 15 is 0 Å². The van der Waals surface area contributed by atoms with Crippen molar-refractivity contribution >= 4 is 23.9 Å².